The number of anilines is 2. The fourth-order valence-electron chi connectivity index (χ4n) is 1.51. The second-order valence-corrected chi connectivity index (χ2v) is 6.40. The molecule has 10 nitrogen and oxygen atoms in total. The number of nitrogen functional groups attached to an aromatic ring is 1. The Morgan fingerprint density at radius 3 is 2.55 bits per heavy atom. The maximum Gasteiger partial charge on any atom is 0.332 e. The largest absolute Gasteiger partial charge is 0.364 e. The first-order valence-corrected chi connectivity index (χ1v) is 7.72. The van der Waals surface area contributed by atoms with Crippen molar-refractivity contribution in [3.05, 3.63) is 15.8 Å². The lowest BCUT2D eigenvalue weighted by Crippen LogP contribution is -2.16. The predicted octanol–water partition coefficient (Wildman–Crippen LogP) is -0.175. The second-order valence-electron chi connectivity index (χ2n) is 4.14. The first-order chi connectivity index (χ1) is 9.24. The molecule has 1 aromatic heterocycles. The summed E-state index contributed by atoms with van der Waals surface area (Å²) in [6.07, 6.45) is 1.44. The Morgan fingerprint density at radius 1 is 1.40 bits per heavy atom. The van der Waals surface area contributed by atoms with Gasteiger partial charge in [0.1, 0.15) is 15.5 Å². The summed E-state index contributed by atoms with van der Waals surface area (Å²) >= 11 is 0. The molecular weight excluding hydrogens is 288 g/mol. The summed E-state index contributed by atoms with van der Waals surface area (Å²) in [6.45, 7) is 1.69. The third kappa shape index (κ3) is 4.59. The van der Waals surface area contributed by atoms with Crippen molar-refractivity contribution in [1.29, 1.82) is 0 Å². The summed E-state index contributed by atoms with van der Waals surface area (Å²) < 4.78 is 22.0. The highest BCUT2D eigenvalue weighted by molar-refractivity contribution is 7.90. The fourth-order valence-corrected chi connectivity index (χ4v) is 2.18. The zero-order valence-corrected chi connectivity index (χ0v) is 11.9. The Hall–Kier alpha value is -2.01. The summed E-state index contributed by atoms with van der Waals surface area (Å²) in [5.74, 6) is 5.20. The molecule has 0 radical (unpaired) electrons. The number of aryl methyl sites for hydroxylation is 1. The van der Waals surface area contributed by atoms with Crippen LogP contribution in [0.4, 0.5) is 17.5 Å². The first kappa shape index (κ1) is 16.0. The molecule has 112 valence electrons. The third-order valence-electron chi connectivity index (χ3n) is 2.35. The van der Waals surface area contributed by atoms with E-state index in [-0.39, 0.29) is 35.4 Å². The molecule has 0 saturated heterocycles. The van der Waals surface area contributed by atoms with Gasteiger partial charge in [-0.2, -0.15) is 4.98 Å². The molecule has 0 fully saturated rings. The van der Waals surface area contributed by atoms with E-state index in [4.69, 9.17) is 5.84 Å². The number of rotatable bonds is 7. The smallest absolute Gasteiger partial charge is 0.332 e. The molecule has 20 heavy (non-hydrogen) atoms. The van der Waals surface area contributed by atoms with Gasteiger partial charge in [-0.3, -0.25) is 15.5 Å². The standard InChI is InChI=1S/C9H16N6O4S/c1-6-7(15(16)17)8(13-9(12-6)14-10)11-4-3-5-20(2,18)19/h3-5,10H2,1-2H3,(H2,11,12,13,14). The van der Waals surface area contributed by atoms with Crippen LogP contribution in [0, 0.1) is 17.0 Å². The van der Waals surface area contributed by atoms with E-state index in [1.807, 2.05) is 0 Å². The summed E-state index contributed by atoms with van der Waals surface area (Å²) in [7, 11) is -3.06. The van der Waals surface area contributed by atoms with Gasteiger partial charge in [-0.05, 0) is 13.3 Å². The lowest BCUT2D eigenvalue weighted by Gasteiger charge is -2.09. The number of sulfone groups is 1. The maximum atomic E-state index is 11.0. The number of hydrazine groups is 1. The van der Waals surface area contributed by atoms with Crippen LogP contribution in [0.1, 0.15) is 12.1 Å². The Kier molecular flexibility index (Phi) is 5.16. The van der Waals surface area contributed by atoms with Gasteiger partial charge in [0.05, 0.1) is 10.7 Å². The van der Waals surface area contributed by atoms with E-state index in [0.29, 0.717) is 6.42 Å². The van der Waals surface area contributed by atoms with Crippen LogP contribution in [0.25, 0.3) is 0 Å². The van der Waals surface area contributed by atoms with Gasteiger partial charge in [0.25, 0.3) is 0 Å². The quantitative estimate of drug-likeness (QED) is 0.269. The summed E-state index contributed by atoms with van der Waals surface area (Å²) in [5.41, 5.74) is 2.10. The summed E-state index contributed by atoms with van der Waals surface area (Å²) in [6, 6.07) is 0. The number of hydrogen-bond acceptors (Lipinski definition) is 9. The Bertz CT molecular complexity index is 603. The molecule has 0 aromatic carbocycles. The fraction of sp³-hybridized carbons (Fsp3) is 0.556. The van der Waals surface area contributed by atoms with Crippen LogP contribution in [0.3, 0.4) is 0 Å². The average molecular weight is 304 g/mol. The topological polar surface area (TPSA) is 153 Å². The van der Waals surface area contributed by atoms with Crippen LogP contribution in [0.2, 0.25) is 0 Å². The van der Waals surface area contributed by atoms with Gasteiger partial charge >= 0.3 is 5.69 Å². The normalized spacial score (nSPS) is 11.2. The molecule has 0 spiro atoms. The summed E-state index contributed by atoms with van der Waals surface area (Å²) in [5, 5.41) is 13.7. The van der Waals surface area contributed by atoms with E-state index in [2.05, 4.69) is 20.7 Å². The minimum Gasteiger partial charge on any atom is -0.364 e. The number of nitrogens with one attached hydrogen (secondary N) is 2. The van der Waals surface area contributed by atoms with Crippen molar-refractivity contribution in [2.75, 3.05) is 29.3 Å². The van der Waals surface area contributed by atoms with Crippen molar-refractivity contribution in [3.63, 3.8) is 0 Å². The molecule has 0 bridgehead atoms. The number of nitrogens with two attached hydrogens (primary N) is 1. The molecule has 1 heterocycles. The highest BCUT2D eigenvalue weighted by atomic mass is 32.2. The third-order valence-corrected chi connectivity index (χ3v) is 3.38. The Morgan fingerprint density at radius 2 is 2.05 bits per heavy atom. The lowest BCUT2D eigenvalue weighted by molar-refractivity contribution is -0.385. The predicted molar refractivity (Wildman–Crippen MR) is 74.1 cm³/mol. The van der Waals surface area contributed by atoms with Crippen LogP contribution >= 0.6 is 0 Å². The van der Waals surface area contributed by atoms with Crippen molar-refractivity contribution < 1.29 is 13.3 Å². The van der Waals surface area contributed by atoms with Gasteiger partial charge in [-0.25, -0.2) is 19.2 Å². The van der Waals surface area contributed by atoms with Gasteiger partial charge in [0.15, 0.2) is 0 Å². The molecule has 0 unspecified atom stereocenters. The Balaban J connectivity index is 2.87. The molecule has 0 aliphatic rings. The molecule has 0 amide bonds. The molecular formula is C9H16N6O4S. The van der Waals surface area contributed by atoms with Gasteiger partial charge < -0.3 is 5.32 Å². The number of nitrogens with zero attached hydrogens (tertiary/aromatic N) is 3. The van der Waals surface area contributed by atoms with Crippen molar-refractivity contribution in [2.45, 2.75) is 13.3 Å². The van der Waals surface area contributed by atoms with Crippen molar-refractivity contribution in [2.24, 2.45) is 5.84 Å². The monoisotopic (exact) mass is 304 g/mol. The molecule has 4 N–H and O–H groups in total. The number of nitro groups is 1. The Labute approximate surface area is 115 Å². The first-order valence-electron chi connectivity index (χ1n) is 5.66. The number of aromatic nitrogens is 2. The molecule has 1 aromatic rings. The van der Waals surface area contributed by atoms with E-state index in [0.717, 1.165) is 6.26 Å². The van der Waals surface area contributed by atoms with Crippen LogP contribution in [-0.4, -0.2) is 41.9 Å². The van der Waals surface area contributed by atoms with Gasteiger partial charge in [0, 0.05) is 12.8 Å². The van der Waals surface area contributed by atoms with E-state index in [1.165, 1.54) is 6.92 Å². The van der Waals surface area contributed by atoms with Crippen molar-refractivity contribution in [1.82, 2.24) is 9.97 Å². The van der Waals surface area contributed by atoms with E-state index >= 15 is 0 Å². The van der Waals surface area contributed by atoms with Crippen LogP contribution in [0.5, 0.6) is 0 Å². The highest BCUT2D eigenvalue weighted by Gasteiger charge is 2.21. The maximum absolute atomic E-state index is 11.0. The van der Waals surface area contributed by atoms with Crippen molar-refractivity contribution in [3.8, 4) is 0 Å². The van der Waals surface area contributed by atoms with Crippen LogP contribution < -0.4 is 16.6 Å². The molecule has 0 aliphatic carbocycles. The van der Waals surface area contributed by atoms with Crippen LogP contribution in [0.15, 0.2) is 0 Å². The van der Waals surface area contributed by atoms with Gasteiger partial charge in [-0.1, -0.05) is 0 Å². The zero-order chi connectivity index (χ0) is 15.3. The van der Waals surface area contributed by atoms with E-state index in [9.17, 15) is 18.5 Å². The molecule has 0 aliphatic heterocycles. The number of hydrogen-bond donors (Lipinski definition) is 3. The van der Waals surface area contributed by atoms with Crippen LogP contribution in [-0.2, 0) is 9.84 Å². The summed E-state index contributed by atoms with van der Waals surface area (Å²) in [4.78, 5) is 18.0. The minimum absolute atomic E-state index is 0.00366. The van der Waals surface area contributed by atoms with Gasteiger partial charge in [-0.15, -0.1) is 0 Å². The zero-order valence-electron chi connectivity index (χ0n) is 11.1. The molecule has 0 saturated carbocycles. The second kappa shape index (κ2) is 6.43. The van der Waals surface area contributed by atoms with Gasteiger partial charge in [0.2, 0.25) is 11.8 Å². The SMILES string of the molecule is Cc1nc(NN)nc(NCCCS(C)(=O)=O)c1[N+](=O)[O-]. The highest BCUT2D eigenvalue weighted by Crippen LogP contribution is 2.26. The molecule has 0 atom stereocenters. The minimum atomic E-state index is -3.06. The molecule has 11 heteroatoms. The molecule has 1 rings (SSSR count). The average Bonchev–Trinajstić information content (AvgIpc) is 2.32. The lowest BCUT2D eigenvalue weighted by atomic mass is 10.3. The van der Waals surface area contributed by atoms with Crippen molar-refractivity contribution >= 4 is 27.3 Å². The van der Waals surface area contributed by atoms with E-state index in [1.54, 1.807) is 0 Å². The van der Waals surface area contributed by atoms with E-state index < -0.39 is 14.8 Å².